The van der Waals surface area contributed by atoms with Gasteiger partial charge >= 0.3 is 0 Å². The number of hydrogen-bond acceptors (Lipinski definition) is 3. The molecule has 0 saturated heterocycles. The highest BCUT2D eigenvalue weighted by atomic mass is 16.2. The van der Waals surface area contributed by atoms with Gasteiger partial charge in [-0.25, -0.2) is 0 Å². The van der Waals surface area contributed by atoms with E-state index < -0.39 is 5.91 Å². The first-order valence-electron chi connectivity index (χ1n) is 6.96. The second kappa shape index (κ2) is 6.76. The zero-order chi connectivity index (χ0) is 16.1. The molecule has 2 rings (SSSR count). The first-order chi connectivity index (χ1) is 10.5. The van der Waals surface area contributed by atoms with Crippen LogP contribution in [0.4, 0.5) is 11.4 Å². The van der Waals surface area contributed by atoms with Crippen LogP contribution >= 0.6 is 0 Å². The molecule has 2 amide bonds. The number of nitrogens with one attached hydrogen (secondary N) is 2. The lowest BCUT2D eigenvalue weighted by atomic mass is 10.1. The predicted molar refractivity (Wildman–Crippen MR) is 88.0 cm³/mol. The van der Waals surface area contributed by atoms with Gasteiger partial charge in [0, 0.05) is 16.9 Å². The van der Waals surface area contributed by atoms with Gasteiger partial charge in [0.15, 0.2) is 0 Å². The Balaban J connectivity index is 1.94. The first-order valence-corrected chi connectivity index (χ1v) is 6.96. The summed E-state index contributed by atoms with van der Waals surface area (Å²) in [6, 6.07) is 12.5. The number of nitrogens with two attached hydrogens (primary N) is 1. The van der Waals surface area contributed by atoms with Gasteiger partial charge in [-0.2, -0.15) is 0 Å². The first kappa shape index (κ1) is 15.6. The van der Waals surface area contributed by atoms with E-state index in [1.54, 1.807) is 24.3 Å². The average molecular weight is 297 g/mol. The molecule has 5 heteroatoms. The van der Waals surface area contributed by atoms with Gasteiger partial charge in [0.25, 0.3) is 0 Å². The number of hydrogen-bond donors (Lipinski definition) is 3. The van der Waals surface area contributed by atoms with Crippen LogP contribution in [0.1, 0.15) is 21.5 Å². The van der Waals surface area contributed by atoms with Crippen molar-refractivity contribution in [3.05, 3.63) is 59.2 Å². The van der Waals surface area contributed by atoms with Crippen molar-refractivity contribution < 1.29 is 9.59 Å². The molecule has 0 aromatic heterocycles. The molecule has 0 aliphatic carbocycles. The van der Waals surface area contributed by atoms with E-state index in [1.165, 1.54) is 5.56 Å². The van der Waals surface area contributed by atoms with Gasteiger partial charge in [-0.3, -0.25) is 9.59 Å². The summed E-state index contributed by atoms with van der Waals surface area (Å²) >= 11 is 0. The minimum atomic E-state index is -0.497. The maximum atomic E-state index is 11.9. The highest BCUT2D eigenvalue weighted by Gasteiger charge is 2.05. The van der Waals surface area contributed by atoms with E-state index in [1.807, 2.05) is 32.0 Å². The van der Waals surface area contributed by atoms with Crippen LogP contribution in [0.2, 0.25) is 0 Å². The van der Waals surface area contributed by atoms with Crippen molar-refractivity contribution in [2.75, 3.05) is 17.2 Å². The summed E-state index contributed by atoms with van der Waals surface area (Å²) in [5, 5.41) is 5.79. The van der Waals surface area contributed by atoms with Crippen LogP contribution in [0.3, 0.4) is 0 Å². The molecule has 4 N–H and O–H groups in total. The van der Waals surface area contributed by atoms with E-state index in [4.69, 9.17) is 5.73 Å². The number of rotatable bonds is 5. The van der Waals surface area contributed by atoms with Crippen LogP contribution < -0.4 is 16.4 Å². The molecule has 0 atom stereocenters. The standard InChI is InChI=1S/C17H19N3O2/c1-11-6-7-15(8-12(11)2)20-16(21)10-19-14-5-3-4-13(9-14)17(18)22/h3-9,19H,10H2,1-2H3,(H2,18,22)(H,20,21). The Kier molecular flexibility index (Phi) is 4.78. The predicted octanol–water partition coefficient (Wildman–Crippen LogP) is 2.45. The normalized spacial score (nSPS) is 10.1. The van der Waals surface area contributed by atoms with Crippen molar-refractivity contribution in [1.29, 1.82) is 0 Å². The Labute approximate surface area is 129 Å². The van der Waals surface area contributed by atoms with Crippen molar-refractivity contribution in [3.8, 4) is 0 Å². The molecule has 0 aliphatic heterocycles. The summed E-state index contributed by atoms with van der Waals surface area (Å²) < 4.78 is 0. The van der Waals surface area contributed by atoms with Crippen molar-refractivity contribution in [3.63, 3.8) is 0 Å². The molecule has 0 unspecified atom stereocenters. The molecule has 5 nitrogen and oxygen atoms in total. The fourth-order valence-electron chi connectivity index (χ4n) is 1.99. The van der Waals surface area contributed by atoms with Crippen molar-refractivity contribution in [1.82, 2.24) is 0 Å². The minimum absolute atomic E-state index is 0.106. The third kappa shape index (κ3) is 4.09. The lowest BCUT2D eigenvalue weighted by molar-refractivity contribution is -0.114. The van der Waals surface area contributed by atoms with Crippen LogP contribution in [-0.2, 0) is 4.79 Å². The maximum Gasteiger partial charge on any atom is 0.248 e. The molecule has 0 aliphatic rings. The Bertz CT molecular complexity index is 711. The molecule has 2 aromatic carbocycles. The average Bonchev–Trinajstić information content (AvgIpc) is 2.49. The van der Waals surface area contributed by atoms with Gasteiger partial charge in [-0.1, -0.05) is 12.1 Å². The van der Waals surface area contributed by atoms with E-state index >= 15 is 0 Å². The number of carbonyl (C=O) groups is 2. The van der Waals surface area contributed by atoms with Crippen molar-refractivity contribution in [2.45, 2.75) is 13.8 Å². The molecule has 0 bridgehead atoms. The van der Waals surface area contributed by atoms with Crippen LogP contribution in [0, 0.1) is 13.8 Å². The molecular formula is C17H19N3O2. The van der Waals surface area contributed by atoms with E-state index in [0.717, 1.165) is 11.3 Å². The summed E-state index contributed by atoms with van der Waals surface area (Å²) in [6.07, 6.45) is 0. The molecule has 0 fully saturated rings. The molecule has 0 heterocycles. The van der Waals surface area contributed by atoms with Crippen LogP contribution in [-0.4, -0.2) is 18.4 Å². The van der Waals surface area contributed by atoms with E-state index in [9.17, 15) is 9.59 Å². The lowest BCUT2D eigenvalue weighted by Gasteiger charge is -2.10. The second-order valence-electron chi connectivity index (χ2n) is 5.15. The van der Waals surface area contributed by atoms with Crippen LogP contribution in [0.25, 0.3) is 0 Å². The van der Waals surface area contributed by atoms with Crippen molar-refractivity contribution in [2.24, 2.45) is 5.73 Å². The number of amides is 2. The zero-order valence-electron chi connectivity index (χ0n) is 12.6. The van der Waals surface area contributed by atoms with E-state index in [0.29, 0.717) is 11.3 Å². The molecule has 2 aromatic rings. The number of anilines is 2. The zero-order valence-corrected chi connectivity index (χ0v) is 12.6. The summed E-state index contributed by atoms with van der Waals surface area (Å²) in [6.45, 7) is 4.13. The summed E-state index contributed by atoms with van der Waals surface area (Å²) in [4.78, 5) is 23.0. The van der Waals surface area contributed by atoms with E-state index in [-0.39, 0.29) is 12.5 Å². The van der Waals surface area contributed by atoms with Gasteiger partial charge in [-0.15, -0.1) is 0 Å². The monoisotopic (exact) mass is 297 g/mol. The third-order valence-corrected chi connectivity index (χ3v) is 3.39. The second-order valence-corrected chi connectivity index (χ2v) is 5.15. The lowest BCUT2D eigenvalue weighted by Crippen LogP contribution is -2.22. The smallest absolute Gasteiger partial charge is 0.248 e. The summed E-state index contributed by atoms with van der Waals surface area (Å²) in [7, 11) is 0. The Morgan fingerprint density at radius 3 is 2.45 bits per heavy atom. The Morgan fingerprint density at radius 1 is 1.00 bits per heavy atom. The highest BCUT2D eigenvalue weighted by Crippen LogP contribution is 2.14. The highest BCUT2D eigenvalue weighted by molar-refractivity contribution is 5.95. The molecule has 22 heavy (non-hydrogen) atoms. The molecule has 0 saturated carbocycles. The largest absolute Gasteiger partial charge is 0.376 e. The number of carbonyl (C=O) groups excluding carboxylic acids is 2. The Hall–Kier alpha value is -2.82. The molecule has 0 spiro atoms. The van der Waals surface area contributed by atoms with E-state index in [2.05, 4.69) is 10.6 Å². The van der Waals surface area contributed by atoms with Gasteiger partial charge in [0.1, 0.15) is 0 Å². The number of benzene rings is 2. The summed E-state index contributed by atoms with van der Waals surface area (Å²) in [5.74, 6) is -0.657. The van der Waals surface area contributed by atoms with Crippen molar-refractivity contribution >= 4 is 23.2 Å². The third-order valence-electron chi connectivity index (χ3n) is 3.39. The van der Waals surface area contributed by atoms with Crippen LogP contribution in [0.5, 0.6) is 0 Å². The summed E-state index contributed by atoms with van der Waals surface area (Å²) in [5.41, 5.74) is 9.37. The number of aryl methyl sites for hydroxylation is 2. The molecule has 0 radical (unpaired) electrons. The Morgan fingerprint density at radius 2 is 1.77 bits per heavy atom. The number of primary amides is 1. The van der Waals surface area contributed by atoms with Crippen LogP contribution in [0.15, 0.2) is 42.5 Å². The minimum Gasteiger partial charge on any atom is -0.376 e. The van der Waals surface area contributed by atoms with Gasteiger partial charge in [0.05, 0.1) is 6.54 Å². The SMILES string of the molecule is Cc1ccc(NC(=O)CNc2cccc(C(N)=O)c2)cc1C. The van der Waals surface area contributed by atoms with Gasteiger partial charge < -0.3 is 16.4 Å². The topological polar surface area (TPSA) is 84.2 Å². The molecular weight excluding hydrogens is 278 g/mol. The van der Waals surface area contributed by atoms with Gasteiger partial charge in [0.2, 0.25) is 11.8 Å². The quantitative estimate of drug-likeness (QED) is 0.792. The van der Waals surface area contributed by atoms with Gasteiger partial charge in [-0.05, 0) is 55.3 Å². The fraction of sp³-hybridized carbons (Fsp3) is 0.176. The fourth-order valence-corrected chi connectivity index (χ4v) is 1.99. The maximum absolute atomic E-state index is 11.9. The molecule has 114 valence electrons.